The Labute approximate surface area is 176 Å². The number of tetrazole rings is 1. The summed E-state index contributed by atoms with van der Waals surface area (Å²) in [5.41, 5.74) is 2.69. The van der Waals surface area contributed by atoms with Crippen molar-refractivity contribution in [3.63, 3.8) is 0 Å². The molecule has 0 fully saturated rings. The van der Waals surface area contributed by atoms with Crippen LogP contribution in [0.5, 0.6) is 0 Å². The Morgan fingerprint density at radius 3 is 2.52 bits per heavy atom. The van der Waals surface area contributed by atoms with Crippen LogP contribution < -0.4 is 10.6 Å². The van der Waals surface area contributed by atoms with E-state index in [-0.39, 0.29) is 18.4 Å². The molecule has 4 aromatic rings. The predicted molar refractivity (Wildman–Crippen MR) is 111 cm³/mol. The van der Waals surface area contributed by atoms with Gasteiger partial charge in [-0.15, -0.1) is 5.10 Å². The zero-order valence-corrected chi connectivity index (χ0v) is 16.2. The number of anilines is 1. The summed E-state index contributed by atoms with van der Waals surface area (Å²) in [5, 5.41) is 16.7. The summed E-state index contributed by atoms with van der Waals surface area (Å²) in [6.45, 7) is 0.253. The first kappa shape index (κ1) is 19.9. The first-order chi connectivity index (χ1) is 15.1. The Morgan fingerprint density at radius 2 is 1.74 bits per heavy atom. The number of hydrogen-bond acceptors (Lipinski definition) is 5. The lowest BCUT2D eigenvalue weighted by Crippen LogP contribution is -2.24. The Bertz CT molecular complexity index is 1210. The van der Waals surface area contributed by atoms with Gasteiger partial charge in [-0.3, -0.25) is 9.59 Å². The van der Waals surface area contributed by atoms with Crippen LogP contribution >= 0.6 is 0 Å². The zero-order chi connectivity index (χ0) is 21.6. The molecule has 0 aliphatic heterocycles. The second kappa shape index (κ2) is 8.95. The fourth-order valence-electron chi connectivity index (χ4n) is 2.98. The number of nitrogens with zero attached hydrogens (tertiary/aromatic N) is 4. The van der Waals surface area contributed by atoms with Gasteiger partial charge in [0.2, 0.25) is 0 Å². The molecule has 0 radical (unpaired) electrons. The van der Waals surface area contributed by atoms with Gasteiger partial charge in [-0.25, -0.2) is 4.39 Å². The molecule has 1 aromatic heterocycles. The summed E-state index contributed by atoms with van der Waals surface area (Å²) in [5.74, 6) is -1.04. The number of carbonyl (C=O) groups is 2. The van der Waals surface area contributed by atoms with Crippen molar-refractivity contribution in [3.05, 3.63) is 102 Å². The summed E-state index contributed by atoms with van der Waals surface area (Å²) in [6, 6.07) is 19.4. The third-order valence-corrected chi connectivity index (χ3v) is 4.49. The number of nitrogens with one attached hydrogen (secondary N) is 2. The molecule has 0 atom stereocenters. The van der Waals surface area contributed by atoms with E-state index in [0.717, 1.165) is 5.56 Å². The Morgan fingerprint density at radius 1 is 0.935 bits per heavy atom. The second-order valence-electron chi connectivity index (χ2n) is 6.62. The van der Waals surface area contributed by atoms with Crippen molar-refractivity contribution in [1.82, 2.24) is 25.5 Å². The van der Waals surface area contributed by atoms with Crippen molar-refractivity contribution in [2.75, 3.05) is 5.32 Å². The largest absolute Gasteiger partial charge is 0.348 e. The van der Waals surface area contributed by atoms with Crippen molar-refractivity contribution in [2.45, 2.75) is 6.54 Å². The fourth-order valence-corrected chi connectivity index (χ4v) is 2.98. The van der Waals surface area contributed by atoms with Gasteiger partial charge in [0.15, 0.2) is 0 Å². The molecule has 0 saturated heterocycles. The maximum absolute atomic E-state index is 13.0. The SMILES string of the molecule is O=C(Nc1cccc(CNC(=O)c2ccccc2-n2cnnn2)c1)c1ccc(F)cc1. The highest BCUT2D eigenvalue weighted by molar-refractivity contribution is 6.04. The molecule has 0 aliphatic carbocycles. The van der Waals surface area contributed by atoms with Crippen LogP contribution in [-0.2, 0) is 6.54 Å². The van der Waals surface area contributed by atoms with Crippen molar-refractivity contribution < 1.29 is 14.0 Å². The van der Waals surface area contributed by atoms with Crippen LogP contribution in [0.3, 0.4) is 0 Å². The van der Waals surface area contributed by atoms with E-state index >= 15 is 0 Å². The smallest absolute Gasteiger partial charge is 0.255 e. The lowest BCUT2D eigenvalue weighted by molar-refractivity contribution is 0.0949. The standard InChI is InChI=1S/C22H17FN6O2/c23-17-10-8-16(9-11-17)21(30)26-18-5-3-4-15(12-18)13-24-22(31)19-6-1-2-7-20(19)29-14-25-27-28-29/h1-12,14H,13H2,(H,24,31)(H,26,30). The van der Waals surface area contributed by atoms with E-state index in [4.69, 9.17) is 0 Å². The topological polar surface area (TPSA) is 102 Å². The minimum absolute atomic E-state index is 0.253. The normalized spacial score (nSPS) is 10.5. The van der Waals surface area contributed by atoms with Crippen molar-refractivity contribution in [2.24, 2.45) is 0 Å². The van der Waals surface area contributed by atoms with E-state index < -0.39 is 5.82 Å². The lowest BCUT2D eigenvalue weighted by atomic mass is 10.1. The van der Waals surface area contributed by atoms with Crippen LogP contribution in [0.4, 0.5) is 10.1 Å². The molecule has 2 amide bonds. The fraction of sp³-hybridized carbons (Fsp3) is 0.0455. The first-order valence-electron chi connectivity index (χ1n) is 9.36. The summed E-state index contributed by atoms with van der Waals surface area (Å²) in [7, 11) is 0. The van der Waals surface area contributed by atoms with Crippen LogP contribution in [0, 0.1) is 5.82 Å². The highest BCUT2D eigenvalue weighted by atomic mass is 19.1. The quantitative estimate of drug-likeness (QED) is 0.503. The average Bonchev–Trinajstić information content (AvgIpc) is 3.33. The summed E-state index contributed by atoms with van der Waals surface area (Å²) in [4.78, 5) is 25.0. The molecular weight excluding hydrogens is 399 g/mol. The molecule has 0 spiro atoms. The van der Waals surface area contributed by atoms with Gasteiger partial charge in [-0.1, -0.05) is 24.3 Å². The first-order valence-corrected chi connectivity index (χ1v) is 9.36. The minimum Gasteiger partial charge on any atom is -0.348 e. The van der Waals surface area contributed by atoms with E-state index in [1.54, 1.807) is 42.5 Å². The lowest BCUT2D eigenvalue weighted by Gasteiger charge is -2.11. The van der Waals surface area contributed by atoms with Crippen molar-refractivity contribution in [3.8, 4) is 5.69 Å². The molecule has 1 heterocycles. The average molecular weight is 416 g/mol. The molecule has 8 nitrogen and oxygen atoms in total. The van der Waals surface area contributed by atoms with E-state index in [2.05, 4.69) is 26.2 Å². The van der Waals surface area contributed by atoms with Gasteiger partial charge >= 0.3 is 0 Å². The molecule has 0 unspecified atom stereocenters. The maximum Gasteiger partial charge on any atom is 0.255 e. The van der Waals surface area contributed by atoms with Crippen LogP contribution in [0.15, 0.2) is 79.1 Å². The van der Waals surface area contributed by atoms with Crippen molar-refractivity contribution in [1.29, 1.82) is 0 Å². The molecule has 31 heavy (non-hydrogen) atoms. The minimum atomic E-state index is -0.407. The number of halogens is 1. The molecule has 154 valence electrons. The summed E-state index contributed by atoms with van der Waals surface area (Å²) < 4.78 is 14.4. The van der Waals surface area contributed by atoms with Gasteiger partial charge in [0.05, 0.1) is 11.3 Å². The Balaban J connectivity index is 1.42. The highest BCUT2D eigenvalue weighted by Gasteiger charge is 2.13. The number of rotatable bonds is 6. The maximum atomic E-state index is 13.0. The third kappa shape index (κ3) is 4.78. The van der Waals surface area contributed by atoms with Gasteiger partial charge in [-0.2, -0.15) is 4.68 Å². The molecule has 2 N–H and O–H groups in total. The van der Waals surface area contributed by atoms with Crippen molar-refractivity contribution >= 4 is 17.5 Å². The van der Waals surface area contributed by atoms with E-state index in [0.29, 0.717) is 22.5 Å². The van der Waals surface area contributed by atoms with Crippen LogP contribution in [-0.4, -0.2) is 32.0 Å². The van der Waals surface area contributed by atoms with E-state index in [1.165, 1.54) is 35.3 Å². The summed E-state index contributed by atoms with van der Waals surface area (Å²) in [6.07, 6.45) is 1.42. The van der Waals surface area contributed by atoms with Crippen LogP contribution in [0.2, 0.25) is 0 Å². The van der Waals surface area contributed by atoms with E-state index in [1.807, 2.05) is 6.07 Å². The van der Waals surface area contributed by atoms with E-state index in [9.17, 15) is 14.0 Å². The number of hydrogen-bond donors (Lipinski definition) is 2. The monoisotopic (exact) mass is 416 g/mol. The second-order valence-corrected chi connectivity index (χ2v) is 6.62. The Kier molecular flexibility index (Phi) is 5.75. The van der Waals surface area contributed by atoms with Gasteiger partial charge in [0, 0.05) is 17.8 Å². The number of benzene rings is 3. The molecule has 9 heteroatoms. The number of amides is 2. The van der Waals surface area contributed by atoms with Gasteiger partial charge in [0.25, 0.3) is 11.8 Å². The number of carbonyl (C=O) groups excluding carboxylic acids is 2. The van der Waals surface area contributed by atoms with Gasteiger partial charge < -0.3 is 10.6 Å². The zero-order valence-electron chi connectivity index (χ0n) is 16.2. The number of para-hydroxylation sites is 1. The molecule has 0 saturated carbocycles. The highest BCUT2D eigenvalue weighted by Crippen LogP contribution is 2.15. The van der Waals surface area contributed by atoms with Gasteiger partial charge in [0.1, 0.15) is 12.1 Å². The molecule has 3 aromatic carbocycles. The van der Waals surface area contributed by atoms with Crippen LogP contribution in [0.1, 0.15) is 26.3 Å². The molecule has 4 rings (SSSR count). The molecule has 0 aliphatic rings. The number of aromatic nitrogens is 4. The van der Waals surface area contributed by atoms with Gasteiger partial charge in [-0.05, 0) is 64.5 Å². The third-order valence-electron chi connectivity index (χ3n) is 4.49. The molecular formula is C22H17FN6O2. The Hall–Kier alpha value is -4.40. The summed E-state index contributed by atoms with van der Waals surface area (Å²) >= 11 is 0. The predicted octanol–water partition coefficient (Wildman–Crippen LogP) is 2.98. The molecule has 0 bridgehead atoms. The van der Waals surface area contributed by atoms with Crippen LogP contribution in [0.25, 0.3) is 5.69 Å².